The van der Waals surface area contributed by atoms with Crippen molar-refractivity contribution in [1.29, 1.82) is 0 Å². The molecule has 146 valence electrons. The molecule has 0 spiro atoms. The molecule has 29 heavy (non-hydrogen) atoms. The van der Waals surface area contributed by atoms with E-state index in [9.17, 15) is 4.79 Å². The SMILES string of the molecule is COCCNC(=O)c1ccc2cncc(-c3ccc(-c4cnn(C)c4)cc3)c2n1. The topological polar surface area (TPSA) is 81.9 Å². The van der Waals surface area contributed by atoms with Crippen LogP contribution in [0.1, 0.15) is 10.5 Å². The molecule has 0 aliphatic rings. The van der Waals surface area contributed by atoms with Gasteiger partial charge in [-0.15, -0.1) is 0 Å². The van der Waals surface area contributed by atoms with Crippen molar-refractivity contribution < 1.29 is 9.53 Å². The van der Waals surface area contributed by atoms with Crippen LogP contribution >= 0.6 is 0 Å². The van der Waals surface area contributed by atoms with E-state index in [0.717, 1.165) is 33.2 Å². The first-order valence-corrected chi connectivity index (χ1v) is 9.27. The first kappa shape index (κ1) is 18.8. The number of aryl methyl sites for hydroxylation is 1. The third kappa shape index (κ3) is 4.00. The Balaban J connectivity index is 1.68. The molecule has 0 saturated heterocycles. The van der Waals surface area contributed by atoms with Gasteiger partial charge in [-0.3, -0.25) is 14.5 Å². The lowest BCUT2D eigenvalue weighted by Crippen LogP contribution is -2.27. The molecule has 4 rings (SSSR count). The third-order valence-electron chi connectivity index (χ3n) is 4.66. The molecular formula is C22H21N5O2. The van der Waals surface area contributed by atoms with Gasteiger partial charge >= 0.3 is 0 Å². The van der Waals surface area contributed by atoms with Crippen molar-refractivity contribution in [2.24, 2.45) is 7.05 Å². The second kappa shape index (κ2) is 8.20. The fraction of sp³-hybridized carbons (Fsp3) is 0.182. The molecule has 0 bridgehead atoms. The van der Waals surface area contributed by atoms with Crippen molar-refractivity contribution in [3.8, 4) is 22.3 Å². The lowest BCUT2D eigenvalue weighted by molar-refractivity contribution is 0.0932. The lowest BCUT2D eigenvalue weighted by Gasteiger charge is -2.09. The summed E-state index contributed by atoms with van der Waals surface area (Å²) in [6, 6.07) is 11.7. The summed E-state index contributed by atoms with van der Waals surface area (Å²) in [6.07, 6.45) is 7.35. The highest BCUT2D eigenvalue weighted by Gasteiger charge is 2.12. The van der Waals surface area contributed by atoms with E-state index in [4.69, 9.17) is 4.74 Å². The van der Waals surface area contributed by atoms with Gasteiger partial charge in [0.2, 0.25) is 0 Å². The average Bonchev–Trinajstić information content (AvgIpc) is 3.19. The molecular weight excluding hydrogens is 366 g/mol. The molecule has 0 unspecified atom stereocenters. The van der Waals surface area contributed by atoms with Crippen molar-refractivity contribution in [2.75, 3.05) is 20.3 Å². The maximum Gasteiger partial charge on any atom is 0.269 e. The maximum atomic E-state index is 12.4. The van der Waals surface area contributed by atoms with Gasteiger partial charge in [-0.05, 0) is 23.3 Å². The normalized spacial score (nSPS) is 11.0. The summed E-state index contributed by atoms with van der Waals surface area (Å²) in [5.41, 5.74) is 5.12. The highest BCUT2D eigenvalue weighted by molar-refractivity contribution is 5.98. The van der Waals surface area contributed by atoms with E-state index >= 15 is 0 Å². The van der Waals surface area contributed by atoms with E-state index in [-0.39, 0.29) is 5.91 Å². The second-order valence-corrected chi connectivity index (χ2v) is 6.68. The summed E-state index contributed by atoms with van der Waals surface area (Å²) in [5.74, 6) is -0.223. The Morgan fingerprint density at radius 1 is 1.03 bits per heavy atom. The van der Waals surface area contributed by atoms with Crippen molar-refractivity contribution in [3.63, 3.8) is 0 Å². The first-order valence-electron chi connectivity index (χ1n) is 9.27. The zero-order chi connectivity index (χ0) is 20.2. The van der Waals surface area contributed by atoms with E-state index in [1.165, 1.54) is 0 Å². The number of nitrogens with one attached hydrogen (secondary N) is 1. The minimum Gasteiger partial charge on any atom is -0.383 e. The highest BCUT2D eigenvalue weighted by atomic mass is 16.5. The van der Waals surface area contributed by atoms with E-state index in [1.54, 1.807) is 30.3 Å². The molecule has 0 atom stereocenters. The number of benzene rings is 1. The molecule has 3 heterocycles. The Morgan fingerprint density at radius 3 is 2.55 bits per heavy atom. The number of carbonyl (C=O) groups excluding carboxylic acids is 1. The van der Waals surface area contributed by atoms with Gasteiger partial charge in [0.15, 0.2) is 0 Å². The third-order valence-corrected chi connectivity index (χ3v) is 4.66. The minimum absolute atomic E-state index is 0.223. The van der Waals surface area contributed by atoms with Crippen LogP contribution in [0.2, 0.25) is 0 Å². The number of carbonyl (C=O) groups is 1. The Morgan fingerprint density at radius 2 is 1.83 bits per heavy atom. The molecule has 1 amide bonds. The number of methoxy groups -OCH3 is 1. The summed E-state index contributed by atoms with van der Waals surface area (Å²) < 4.78 is 6.75. The standard InChI is InChI=1S/C22H21N5O2/c1-27-14-18(12-25-27)15-3-5-16(6-4-15)19-13-23-11-17-7-8-20(26-21(17)19)22(28)24-9-10-29-2/h3-8,11-14H,9-10H2,1-2H3,(H,24,28). The molecule has 3 aromatic heterocycles. The maximum absolute atomic E-state index is 12.4. The van der Waals surface area contributed by atoms with Gasteiger partial charge < -0.3 is 10.1 Å². The van der Waals surface area contributed by atoms with Crippen LogP contribution in [0.25, 0.3) is 33.2 Å². The summed E-state index contributed by atoms with van der Waals surface area (Å²) in [6.45, 7) is 0.895. The molecule has 0 radical (unpaired) electrons. The smallest absolute Gasteiger partial charge is 0.269 e. The number of pyridine rings is 2. The number of fused-ring (bicyclic) bond motifs is 1. The summed E-state index contributed by atoms with van der Waals surface area (Å²) in [5, 5.41) is 7.90. The number of rotatable bonds is 6. The average molecular weight is 387 g/mol. The van der Waals surface area contributed by atoms with Crippen LogP contribution < -0.4 is 5.32 Å². The van der Waals surface area contributed by atoms with Gasteiger partial charge in [-0.2, -0.15) is 5.10 Å². The summed E-state index contributed by atoms with van der Waals surface area (Å²) in [7, 11) is 3.49. The van der Waals surface area contributed by atoms with Crippen LogP contribution in [0.4, 0.5) is 0 Å². The monoisotopic (exact) mass is 387 g/mol. The predicted molar refractivity (Wildman–Crippen MR) is 111 cm³/mol. The van der Waals surface area contributed by atoms with E-state index in [1.807, 2.05) is 49.8 Å². The van der Waals surface area contributed by atoms with Crippen molar-refractivity contribution >= 4 is 16.8 Å². The van der Waals surface area contributed by atoms with Gasteiger partial charge in [-0.1, -0.05) is 24.3 Å². The quantitative estimate of drug-likeness (QED) is 0.514. The number of hydrogen-bond acceptors (Lipinski definition) is 5. The Kier molecular flexibility index (Phi) is 5.31. The van der Waals surface area contributed by atoms with Crippen LogP contribution in [0, 0.1) is 0 Å². The van der Waals surface area contributed by atoms with E-state index in [0.29, 0.717) is 18.8 Å². The van der Waals surface area contributed by atoms with Gasteiger partial charge in [0.25, 0.3) is 5.91 Å². The molecule has 4 aromatic rings. The summed E-state index contributed by atoms with van der Waals surface area (Å²) in [4.78, 5) is 21.3. The fourth-order valence-corrected chi connectivity index (χ4v) is 3.15. The molecule has 0 saturated carbocycles. The van der Waals surface area contributed by atoms with Gasteiger partial charge in [-0.25, -0.2) is 4.98 Å². The highest BCUT2D eigenvalue weighted by Crippen LogP contribution is 2.28. The molecule has 1 aromatic carbocycles. The minimum atomic E-state index is -0.223. The Bertz CT molecular complexity index is 1150. The number of nitrogens with zero attached hydrogens (tertiary/aromatic N) is 4. The van der Waals surface area contributed by atoms with Gasteiger partial charge in [0.05, 0.1) is 18.3 Å². The van der Waals surface area contributed by atoms with E-state index in [2.05, 4.69) is 20.4 Å². The van der Waals surface area contributed by atoms with Crippen LogP contribution in [0.15, 0.2) is 61.2 Å². The molecule has 7 nitrogen and oxygen atoms in total. The number of amides is 1. The van der Waals surface area contributed by atoms with Crippen LogP contribution in [0.3, 0.4) is 0 Å². The van der Waals surface area contributed by atoms with Crippen LogP contribution in [-0.4, -0.2) is 45.9 Å². The van der Waals surface area contributed by atoms with Crippen molar-refractivity contribution in [2.45, 2.75) is 0 Å². The van der Waals surface area contributed by atoms with Crippen molar-refractivity contribution in [1.82, 2.24) is 25.1 Å². The number of aromatic nitrogens is 4. The van der Waals surface area contributed by atoms with E-state index < -0.39 is 0 Å². The number of hydrogen-bond donors (Lipinski definition) is 1. The molecule has 7 heteroatoms. The number of ether oxygens (including phenoxy) is 1. The van der Waals surface area contributed by atoms with Crippen molar-refractivity contribution in [3.05, 3.63) is 66.9 Å². The van der Waals surface area contributed by atoms with Crippen LogP contribution in [0.5, 0.6) is 0 Å². The fourth-order valence-electron chi connectivity index (χ4n) is 3.15. The molecule has 0 aliphatic carbocycles. The zero-order valence-electron chi connectivity index (χ0n) is 16.3. The Hall–Kier alpha value is -3.58. The lowest BCUT2D eigenvalue weighted by atomic mass is 10.0. The molecule has 1 N–H and O–H groups in total. The molecule has 0 aliphatic heterocycles. The Labute approximate surface area is 168 Å². The van der Waals surface area contributed by atoms with Gasteiger partial charge in [0.1, 0.15) is 5.69 Å². The predicted octanol–water partition coefficient (Wildman–Crippen LogP) is 3.07. The largest absolute Gasteiger partial charge is 0.383 e. The summed E-state index contributed by atoms with van der Waals surface area (Å²) >= 11 is 0. The van der Waals surface area contributed by atoms with Gasteiger partial charge in [0, 0.05) is 55.8 Å². The molecule has 0 fully saturated rings. The first-order chi connectivity index (χ1) is 14.2. The van der Waals surface area contributed by atoms with Crippen LogP contribution in [-0.2, 0) is 11.8 Å². The zero-order valence-corrected chi connectivity index (χ0v) is 16.3. The second-order valence-electron chi connectivity index (χ2n) is 6.68.